The molecular weight excluding hydrogens is 823 g/mol. The number of carbonyl (C=O) groups is 4. The second kappa shape index (κ2) is 18.0. The van der Waals surface area contributed by atoms with Crippen molar-refractivity contribution < 1.29 is 28.7 Å². The first-order valence-electron chi connectivity index (χ1n) is 23.3. The molecule has 4 atom stereocenters. The van der Waals surface area contributed by atoms with Crippen molar-refractivity contribution >= 4 is 35.2 Å². The van der Waals surface area contributed by atoms with Crippen molar-refractivity contribution in [3.8, 4) is 33.6 Å². The molecule has 65 heavy (non-hydrogen) atoms. The highest BCUT2D eigenvalue weighted by Crippen LogP contribution is 2.53. The number of H-pyrrole nitrogens is 2. The molecule has 1 unspecified atom stereocenters. The zero-order valence-electron chi connectivity index (χ0n) is 38.3. The number of carbonyl (C=O) groups excluding carboxylic acids is 4. The summed E-state index contributed by atoms with van der Waals surface area (Å²) >= 11 is 0. The van der Waals surface area contributed by atoms with E-state index in [9.17, 15) is 19.2 Å². The van der Waals surface area contributed by atoms with Gasteiger partial charge in [0.25, 0.3) is 0 Å². The Morgan fingerprint density at radius 2 is 1.23 bits per heavy atom. The molecule has 1 saturated carbocycles. The molecule has 5 aromatic rings. The summed E-state index contributed by atoms with van der Waals surface area (Å²) in [6.45, 7) is 8.84. The predicted octanol–water partition coefficient (Wildman–Crippen LogP) is 8.43. The van der Waals surface area contributed by atoms with Crippen LogP contribution in [0.1, 0.15) is 114 Å². The van der Waals surface area contributed by atoms with Crippen LogP contribution >= 0.6 is 0 Å². The van der Waals surface area contributed by atoms with Crippen LogP contribution in [0.5, 0.6) is 0 Å². The molecule has 0 radical (unpaired) electrons. The Labute approximate surface area is 379 Å². The van der Waals surface area contributed by atoms with E-state index in [1.54, 1.807) is 0 Å². The Hall–Kier alpha value is -6.25. The molecule has 15 nitrogen and oxygen atoms in total. The molecule has 3 fully saturated rings. The van der Waals surface area contributed by atoms with Crippen molar-refractivity contribution in [1.82, 2.24) is 45.4 Å². The average molecular weight is 884 g/mol. The minimum Gasteiger partial charge on any atom is -0.453 e. The predicted molar refractivity (Wildman–Crippen MR) is 246 cm³/mol. The number of amides is 4. The molecule has 342 valence electrons. The highest BCUT2D eigenvalue weighted by molar-refractivity contribution is 5.88. The fourth-order valence-corrected chi connectivity index (χ4v) is 11.0. The number of pyridine rings is 1. The second-order valence-corrected chi connectivity index (χ2v) is 19.2. The first kappa shape index (κ1) is 44.0. The average Bonchev–Trinajstić information content (AvgIpc) is 4.17. The Balaban J connectivity index is 0.964. The van der Waals surface area contributed by atoms with Gasteiger partial charge in [0.1, 0.15) is 23.7 Å². The van der Waals surface area contributed by atoms with Gasteiger partial charge in [0.2, 0.25) is 11.8 Å². The summed E-state index contributed by atoms with van der Waals surface area (Å²) in [5.74, 6) is 0.948. The van der Waals surface area contributed by atoms with Crippen LogP contribution in [0.3, 0.4) is 0 Å². The summed E-state index contributed by atoms with van der Waals surface area (Å²) in [6, 6.07) is 15.5. The van der Waals surface area contributed by atoms with E-state index < -0.39 is 24.3 Å². The number of hydrogen-bond donors (Lipinski definition) is 4. The van der Waals surface area contributed by atoms with Gasteiger partial charge in [-0.05, 0) is 109 Å². The van der Waals surface area contributed by atoms with Gasteiger partial charge < -0.3 is 39.9 Å². The Bertz CT molecular complexity index is 2590. The van der Waals surface area contributed by atoms with Crippen LogP contribution < -0.4 is 10.6 Å². The number of methoxy groups -OCH3 is 2. The minimum absolute atomic E-state index is 0.107. The third-order valence-corrected chi connectivity index (χ3v) is 14.4. The Kier molecular flexibility index (Phi) is 12.2. The lowest BCUT2D eigenvalue weighted by atomic mass is 9.82. The van der Waals surface area contributed by atoms with E-state index >= 15 is 0 Å². The first-order chi connectivity index (χ1) is 31.4. The van der Waals surface area contributed by atoms with Gasteiger partial charge >= 0.3 is 12.2 Å². The molecule has 4 amide bonds. The SMILES string of the molecule is COC(=O)NC(C(=O)N1CCC[C@H]1c1ncc(-c2ccc(-c3ccc(-c4ccc5[nH]c([C@@H]6CCCN6C(=O)[C@@H](NC(=O)OC)C(C)C)nc5n4)c4c3CC3(CCCC3)C4)cc2)[nH]1)C(C)C. The van der Waals surface area contributed by atoms with E-state index in [0.717, 1.165) is 77.9 Å². The summed E-state index contributed by atoms with van der Waals surface area (Å²) in [4.78, 5) is 77.3. The molecule has 15 heteroatoms. The monoisotopic (exact) mass is 883 g/mol. The number of rotatable bonds is 11. The number of benzene rings is 2. The molecule has 3 aromatic heterocycles. The van der Waals surface area contributed by atoms with Gasteiger partial charge in [-0.2, -0.15) is 0 Å². The fourth-order valence-electron chi connectivity index (χ4n) is 11.0. The fraction of sp³-hybridized carbons (Fsp3) is 0.500. The van der Waals surface area contributed by atoms with E-state index in [0.29, 0.717) is 24.6 Å². The summed E-state index contributed by atoms with van der Waals surface area (Å²) in [5.41, 5.74) is 10.8. The van der Waals surface area contributed by atoms with Crippen LogP contribution in [0.15, 0.2) is 54.7 Å². The number of aromatic amines is 2. The largest absolute Gasteiger partial charge is 0.453 e. The quantitative estimate of drug-likeness (QED) is 0.101. The third-order valence-electron chi connectivity index (χ3n) is 14.4. The number of imidazole rings is 2. The van der Waals surface area contributed by atoms with E-state index in [1.807, 2.05) is 43.7 Å². The van der Waals surface area contributed by atoms with Crippen LogP contribution in [-0.4, -0.2) is 98.1 Å². The minimum atomic E-state index is -0.704. The Morgan fingerprint density at radius 3 is 1.82 bits per heavy atom. The highest BCUT2D eigenvalue weighted by Gasteiger charge is 2.43. The van der Waals surface area contributed by atoms with Crippen molar-refractivity contribution in [3.63, 3.8) is 0 Å². The number of nitrogens with one attached hydrogen (secondary N) is 4. The highest BCUT2D eigenvalue weighted by atomic mass is 16.5. The van der Waals surface area contributed by atoms with Crippen molar-refractivity contribution in [2.24, 2.45) is 17.3 Å². The number of likely N-dealkylation sites (tertiary alicyclic amines) is 2. The van der Waals surface area contributed by atoms with Crippen LogP contribution in [0, 0.1) is 17.3 Å². The molecule has 2 saturated heterocycles. The molecule has 1 spiro atoms. The smallest absolute Gasteiger partial charge is 0.407 e. The van der Waals surface area contributed by atoms with Gasteiger partial charge in [-0.15, -0.1) is 0 Å². The first-order valence-corrected chi connectivity index (χ1v) is 23.3. The number of hydrogen-bond acceptors (Lipinski definition) is 9. The molecule has 4 aliphatic rings. The summed E-state index contributed by atoms with van der Waals surface area (Å²) in [7, 11) is 2.60. The van der Waals surface area contributed by atoms with Crippen molar-refractivity contribution in [1.29, 1.82) is 0 Å². The summed E-state index contributed by atoms with van der Waals surface area (Å²) in [6.07, 6.45) is 10.9. The van der Waals surface area contributed by atoms with Gasteiger partial charge in [-0.25, -0.2) is 24.5 Å². The zero-order chi connectivity index (χ0) is 45.6. The van der Waals surface area contributed by atoms with E-state index in [-0.39, 0.29) is 41.1 Å². The maximum Gasteiger partial charge on any atom is 0.407 e. The number of aromatic nitrogens is 5. The van der Waals surface area contributed by atoms with Crippen LogP contribution in [0.25, 0.3) is 44.8 Å². The maximum atomic E-state index is 13.8. The number of fused-ring (bicyclic) bond motifs is 2. The zero-order valence-corrected chi connectivity index (χ0v) is 38.3. The van der Waals surface area contributed by atoms with Gasteiger partial charge in [0.15, 0.2) is 5.65 Å². The standard InChI is InChI=1S/C50H61N9O6/c1-28(2)41(55-48(62)64-5)46(60)58-23-9-11-39(58)44-51-27-38(54-44)31-15-13-30(14-16-31)32-17-18-33(35-26-50(25-34(32)35)21-7-8-22-50)36-19-20-37-43(52-36)57-45(53-37)40-12-10-24-59(40)47(61)42(29(3)4)56-49(63)65-6/h13-20,27-29,39-42H,7-12,21-26H2,1-6H3,(H,51,54)(H,55,62)(H,56,63)(H,52,53,57)/t39-,40-,41?,42-/m0/s1. The van der Waals surface area contributed by atoms with Gasteiger partial charge in [-0.3, -0.25) is 9.59 Å². The van der Waals surface area contributed by atoms with E-state index in [1.165, 1.54) is 56.6 Å². The third kappa shape index (κ3) is 8.45. The van der Waals surface area contributed by atoms with Crippen molar-refractivity contribution in [2.75, 3.05) is 27.3 Å². The molecule has 2 aliphatic heterocycles. The number of nitrogens with zero attached hydrogens (tertiary/aromatic N) is 5. The summed E-state index contributed by atoms with van der Waals surface area (Å²) < 4.78 is 9.62. The van der Waals surface area contributed by atoms with Crippen molar-refractivity contribution in [3.05, 3.63) is 77.5 Å². The van der Waals surface area contributed by atoms with Gasteiger partial charge in [-0.1, -0.05) is 76.9 Å². The lowest BCUT2D eigenvalue weighted by Gasteiger charge is -2.30. The van der Waals surface area contributed by atoms with E-state index in [2.05, 4.69) is 69.1 Å². The number of alkyl carbamates (subject to hydrolysis) is 2. The van der Waals surface area contributed by atoms with E-state index in [4.69, 9.17) is 24.4 Å². The number of ether oxygens (including phenoxy) is 2. The molecule has 9 rings (SSSR count). The maximum absolute atomic E-state index is 13.8. The second-order valence-electron chi connectivity index (χ2n) is 19.2. The Morgan fingerprint density at radius 1 is 0.677 bits per heavy atom. The molecule has 2 aromatic carbocycles. The molecule has 4 N–H and O–H groups in total. The molecule has 0 bridgehead atoms. The van der Waals surface area contributed by atoms with Crippen molar-refractivity contribution in [2.45, 2.75) is 116 Å². The molecular formula is C50H61N9O6. The summed E-state index contributed by atoms with van der Waals surface area (Å²) in [5, 5.41) is 5.46. The van der Waals surface area contributed by atoms with Gasteiger partial charge in [0, 0.05) is 18.7 Å². The van der Waals surface area contributed by atoms with Crippen LogP contribution in [0.4, 0.5) is 9.59 Å². The lowest BCUT2D eigenvalue weighted by molar-refractivity contribution is -0.136. The molecule has 5 heterocycles. The molecule has 2 aliphatic carbocycles. The normalized spacial score (nSPS) is 19.9. The van der Waals surface area contributed by atoms with Gasteiger partial charge in [0.05, 0.1) is 49.4 Å². The topological polar surface area (TPSA) is 188 Å². The van der Waals surface area contributed by atoms with Crippen LogP contribution in [-0.2, 0) is 31.9 Å². The van der Waals surface area contributed by atoms with Crippen LogP contribution in [0.2, 0.25) is 0 Å². The lowest BCUT2D eigenvalue weighted by Crippen LogP contribution is -2.51.